The molecule has 20 heavy (non-hydrogen) atoms. The molecule has 2 aliphatic heterocycles. The van der Waals surface area contributed by atoms with Crippen LogP contribution in [-0.4, -0.2) is 39.6 Å². The SMILES string of the molecule is CNCc1ccc(N2CCC3(CC2)COC3)cc1C=O. The second-order valence-corrected chi connectivity index (χ2v) is 6.01. The summed E-state index contributed by atoms with van der Waals surface area (Å²) in [6.07, 6.45) is 3.35. The third kappa shape index (κ3) is 2.45. The molecule has 4 heteroatoms. The molecule has 1 aromatic carbocycles. The number of nitrogens with one attached hydrogen (secondary N) is 1. The molecule has 3 rings (SSSR count). The molecule has 0 atom stereocenters. The maximum atomic E-state index is 11.2. The molecule has 1 N–H and O–H groups in total. The van der Waals surface area contributed by atoms with Gasteiger partial charge in [0, 0.05) is 36.3 Å². The predicted octanol–water partition coefficient (Wildman–Crippen LogP) is 1.84. The second-order valence-electron chi connectivity index (χ2n) is 6.01. The minimum Gasteiger partial charge on any atom is -0.380 e. The van der Waals surface area contributed by atoms with Gasteiger partial charge in [-0.3, -0.25) is 4.79 Å². The Morgan fingerprint density at radius 2 is 2.10 bits per heavy atom. The number of piperidine rings is 1. The van der Waals surface area contributed by atoms with Crippen molar-refractivity contribution in [1.82, 2.24) is 5.32 Å². The van der Waals surface area contributed by atoms with Crippen LogP contribution in [-0.2, 0) is 11.3 Å². The third-order valence-electron chi connectivity index (χ3n) is 4.63. The minimum absolute atomic E-state index is 0.454. The highest BCUT2D eigenvalue weighted by Gasteiger charge is 2.41. The molecule has 2 aliphatic rings. The number of aldehydes is 1. The van der Waals surface area contributed by atoms with Crippen LogP contribution < -0.4 is 10.2 Å². The molecular formula is C16H22N2O2. The summed E-state index contributed by atoms with van der Waals surface area (Å²) in [6.45, 7) is 4.72. The molecule has 4 nitrogen and oxygen atoms in total. The molecule has 1 aromatic rings. The highest BCUT2D eigenvalue weighted by atomic mass is 16.5. The lowest BCUT2D eigenvalue weighted by molar-refractivity contribution is -0.124. The van der Waals surface area contributed by atoms with E-state index in [1.54, 1.807) is 0 Å². The number of ether oxygens (including phenoxy) is 1. The van der Waals surface area contributed by atoms with Crippen molar-refractivity contribution >= 4 is 12.0 Å². The molecule has 2 fully saturated rings. The maximum Gasteiger partial charge on any atom is 0.150 e. The van der Waals surface area contributed by atoms with Gasteiger partial charge in [-0.1, -0.05) is 6.07 Å². The fourth-order valence-corrected chi connectivity index (χ4v) is 3.16. The Balaban J connectivity index is 1.72. The summed E-state index contributed by atoms with van der Waals surface area (Å²) in [7, 11) is 1.90. The predicted molar refractivity (Wildman–Crippen MR) is 79.3 cm³/mol. The Kier molecular flexibility index (Phi) is 3.76. The molecular weight excluding hydrogens is 252 g/mol. The van der Waals surface area contributed by atoms with E-state index in [1.165, 1.54) is 18.5 Å². The zero-order valence-corrected chi connectivity index (χ0v) is 12.0. The second kappa shape index (κ2) is 5.54. The summed E-state index contributed by atoms with van der Waals surface area (Å²) in [4.78, 5) is 13.6. The topological polar surface area (TPSA) is 41.6 Å². The van der Waals surface area contributed by atoms with Gasteiger partial charge in [-0.05, 0) is 37.6 Å². The standard InChI is InChI=1S/C16H22N2O2/c1-17-9-13-2-3-15(8-14(13)10-19)18-6-4-16(5-7-18)11-20-12-16/h2-3,8,10,17H,4-7,9,11-12H2,1H3. The van der Waals surface area contributed by atoms with E-state index >= 15 is 0 Å². The van der Waals surface area contributed by atoms with Gasteiger partial charge >= 0.3 is 0 Å². The van der Waals surface area contributed by atoms with Crippen LogP contribution >= 0.6 is 0 Å². The third-order valence-corrected chi connectivity index (χ3v) is 4.63. The van der Waals surface area contributed by atoms with Gasteiger partial charge in [0.1, 0.15) is 6.29 Å². The van der Waals surface area contributed by atoms with Gasteiger partial charge in [0.25, 0.3) is 0 Å². The monoisotopic (exact) mass is 274 g/mol. The lowest BCUT2D eigenvalue weighted by Gasteiger charge is -2.47. The first-order chi connectivity index (χ1) is 9.76. The quantitative estimate of drug-likeness (QED) is 0.851. The average Bonchev–Trinajstić information content (AvgIpc) is 2.46. The van der Waals surface area contributed by atoms with Crippen molar-refractivity contribution in [3.63, 3.8) is 0 Å². The van der Waals surface area contributed by atoms with E-state index in [1.807, 2.05) is 13.1 Å². The van der Waals surface area contributed by atoms with E-state index in [4.69, 9.17) is 4.74 Å². The fourth-order valence-electron chi connectivity index (χ4n) is 3.16. The Bertz CT molecular complexity index is 487. The van der Waals surface area contributed by atoms with Gasteiger partial charge in [-0.2, -0.15) is 0 Å². The van der Waals surface area contributed by atoms with E-state index in [-0.39, 0.29) is 0 Å². The molecule has 0 saturated carbocycles. The first-order valence-electron chi connectivity index (χ1n) is 7.32. The van der Waals surface area contributed by atoms with Crippen molar-refractivity contribution in [2.45, 2.75) is 19.4 Å². The van der Waals surface area contributed by atoms with Crippen molar-refractivity contribution in [3.8, 4) is 0 Å². The molecule has 1 spiro atoms. The lowest BCUT2D eigenvalue weighted by atomic mass is 9.77. The Morgan fingerprint density at radius 3 is 2.65 bits per heavy atom. The van der Waals surface area contributed by atoms with Crippen molar-refractivity contribution < 1.29 is 9.53 Å². The first-order valence-corrected chi connectivity index (χ1v) is 7.32. The number of hydrogen-bond donors (Lipinski definition) is 1. The van der Waals surface area contributed by atoms with Crippen LogP contribution in [0.3, 0.4) is 0 Å². The minimum atomic E-state index is 0.454. The number of hydrogen-bond acceptors (Lipinski definition) is 4. The van der Waals surface area contributed by atoms with Crippen LogP contribution in [0, 0.1) is 5.41 Å². The molecule has 0 unspecified atom stereocenters. The van der Waals surface area contributed by atoms with Crippen LogP contribution in [0.5, 0.6) is 0 Å². The molecule has 0 amide bonds. The van der Waals surface area contributed by atoms with Gasteiger partial charge in [-0.25, -0.2) is 0 Å². The van der Waals surface area contributed by atoms with E-state index in [2.05, 4.69) is 22.3 Å². The summed E-state index contributed by atoms with van der Waals surface area (Å²) < 4.78 is 5.36. The number of carbonyl (C=O) groups is 1. The van der Waals surface area contributed by atoms with Crippen LogP contribution in [0.1, 0.15) is 28.8 Å². The first kappa shape index (κ1) is 13.6. The Hall–Kier alpha value is -1.39. The molecule has 0 radical (unpaired) electrons. The molecule has 0 bridgehead atoms. The van der Waals surface area contributed by atoms with E-state index in [9.17, 15) is 4.79 Å². The molecule has 0 aliphatic carbocycles. The highest BCUT2D eigenvalue weighted by Crippen LogP contribution is 2.39. The van der Waals surface area contributed by atoms with E-state index in [0.717, 1.165) is 50.3 Å². The van der Waals surface area contributed by atoms with Gasteiger partial charge in [0.15, 0.2) is 0 Å². The van der Waals surface area contributed by atoms with E-state index in [0.29, 0.717) is 5.41 Å². The molecule has 2 saturated heterocycles. The number of nitrogens with zero attached hydrogens (tertiary/aromatic N) is 1. The average molecular weight is 274 g/mol. The summed E-state index contributed by atoms with van der Waals surface area (Å²) >= 11 is 0. The number of rotatable bonds is 4. The number of anilines is 1. The van der Waals surface area contributed by atoms with Gasteiger partial charge in [0.2, 0.25) is 0 Å². The van der Waals surface area contributed by atoms with Crippen LogP contribution in [0.25, 0.3) is 0 Å². The fraction of sp³-hybridized carbons (Fsp3) is 0.562. The van der Waals surface area contributed by atoms with Gasteiger partial charge in [-0.15, -0.1) is 0 Å². The Labute approximate surface area is 120 Å². The molecule has 2 heterocycles. The van der Waals surface area contributed by atoms with Gasteiger partial charge in [0.05, 0.1) is 13.2 Å². The van der Waals surface area contributed by atoms with Crippen LogP contribution in [0.2, 0.25) is 0 Å². The highest BCUT2D eigenvalue weighted by molar-refractivity contribution is 5.79. The van der Waals surface area contributed by atoms with Crippen molar-refractivity contribution in [1.29, 1.82) is 0 Å². The summed E-state index contributed by atoms with van der Waals surface area (Å²) in [5.74, 6) is 0. The number of carbonyl (C=O) groups excluding carboxylic acids is 1. The van der Waals surface area contributed by atoms with Crippen LogP contribution in [0.15, 0.2) is 18.2 Å². The summed E-state index contributed by atoms with van der Waals surface area (Å²) in [5, 5.41) is 3.10. The summed E-state index contributed by atoms with van der Waals surface area (Å²) in [5.41, 5.74) is 3.48. The number of benzene rings is 1. The van der Waals surface area contributed by atoms with E-state index < -0.39 is 0 Å². The zero-order valence-electron chi connectivity index (χ0n) is 12.0. The summed E-state index contributed by atoms with van der Waals surface area (Å²) in [6, 6.07) is 6.22. The normalized spacial score (nSPS) is 20.8. The zero-order chi connectivity index (χ0) is 14.0. The van der Waals surface area contributed by atoms with Crippen molar-refractivity contribution in [2.75, 3.05) is 38.3 Å². The van der Waals surface area contributed by atoms with Gasteiger partial charge < -0.3 is 15.0 Å². The lowest BCUT2D eigenvalue weighted by Crippen LogP contribution is -2.50. The van der Waals surface area contributed by atoms with Crippen LogP contribution in [0.4, 0.5) is 5.69 Å². The smallest absolute Gasteiger partial charge is 0.150 e. The van der Waals surface area contributed by atoms with Crippen molar-refractivity contribution in [3.05, 3.63) is 29.3 Å². The molecule has 0 aromatic heterocycles. The van der Waals surface area contributed by atoms with Crippen molar-refractivity contribution in [2.24, 2.45) is 5.41 Å². The maximum absolute atomic E-state index is 11.2. The Morgan fingerprint density at radius 1 is 1.35 bits per heavy atom. The molecule has 108 valence electrons. The largest absolute Gasteiger partial charge is 0.380 e.